The van der Waals surface area contributed by atoms with Crippen LogP contribution in [0.4, 0.5) is 5.82 Å². The molecule has 3 aromatic rings. The second-order valence-corrected chi connectivity index (χ2v) is 6.60. The van der Waals surface area contributed by atoms with E-state index in [0.717, 1.165) is 27.5 Å². The van der Waals surface area contributed by atoms with Crippen molar-refractivity contribution in [3.05, 3.63) is 59.6 Å². The molecule has 0 amide bonds. The molecule has 0 fully saturated rings. The summed E-state index contributed by atoms with van der Waals surface area (Å²) in [7, 11) is 0. The summed E-state index contributed by atoms with van der Waals surface area (Å²) in [6.45, 7) is 6.40. The van der Waals surface area contributed by atoms with Gasteiger partial charge in [0.05, 0.1) is 17.1 Å². The maximum absolute atomic E-state index is 6.20. The second kappa shape index (κ2) is 7.72. The molecule has 128 valence electrons. The Morgan fingerprint density at radius 2 is 2.12 bits per heavy atom. The molecule has 0 bridgehead atoms. The average molecular weight is 373 g/mol. The molecule has 0 saturated carbocycles. The highest BCUT2D eigenvalue weighted by molar-refractivity contribution is 7.98. The Morgan fingerprint density at radius 3 is 2.84 bits per heavy atom. The van der Waals surface area contributed by atoms with Crippen molar-refractivity contribution >= 4 is 34.8 Å². The molecule has 3 rings (SSSR count). The van der Waals surface area contributed by atoms with Gasteiger partial charge in [0.25, 0.3) is 0 Å². The third kappa shape index (κ3) is 3.86. The van der Waals surface area contributed by atoms with Crippen LogP contribution in [-0.4, -0.2) is 21.4 Å². The fourth-order valence-electron chi connectivity index (χ4n) is 2.41. The summed E-state index contributed by atoms with van der Waals surface area (Å²) in [5.41, 5.74) is 3.37. The monoisotopic (exact) mass is 372 g/mol. The van der Waals surface area contributed by atoms with Gasteiger partial charge in [0.2, 0.25) is 0 Å². The SMILES string of the molecule is C=C(C)c1c(NCc2cc(-c3ccccc3Cl)no2)ncnc1SC. The number of nitrogens with zero attached hydrogens (tertiary/aromatic N) is 3. The van der Waals surface area contributed by atoms with E-state index in [2.05, 4.69) is 27.0 Å². The van der Waals surface area contributed by atoms with Gasteiger partial charge in [-0.05, 0) is 24.8 Å². The van der Waals surface area contributed by atoms with Gasteiger partial charge in [0.15, 0.2) is 5.76 Å². The maximum atomic E-state index is 6.20. The molecule has 5 nitrogen and oxygen atoms in total. The van der Waals surface area contributed by atoms with Gasteiger partial charge in [-0.2, -0.15) is 0 Å². The highest BCUT2D eigenvalue weighted by Gasteiger charge is 2.13. The molecule has 0 aliphatic carbocycles. The number of hydrogen-bond donors (Lipinski definition) is 1. The molecule has 0 spiro atoms. The van der Waals surface area contributed by atoms with Crippen LogP contribution >= 0.6 is 23.4 Å². The van der Waals surface area contributed by atoms with Crippen molar-refractivity contribution in [1.29, 1.82) is 0 Å². The van der Waals surface area contributed by atoms with Gasteiger partial charge >= 0.3 is 0 Å². The Balaban J connectivity index is 1.80. The zero-order valence-corrected chi connectivity index (χ0v) is 15.5. The minimum absolute atomic E-state index is 0.447. The summed E-state index contributed by atoms with van der Waals surface area (Å²) in [5, 5.41) is 8.90. The van der Waals surface area contributed by atoms with Crippen LogP contribution in [0.25, 0.3) is 16.8 Å². The number of benzene rings is 1. The van der Waals surface area contributed by atoms with E-state index in [9.17, 15) is 0 Å². The molecular formula is C18H17ClN4OS. The van der Waals surface area contributed by atoms with E-state index in [4.69, 9.17) is 16.1 Å². The number of nitrogens with one attached hydrogen (secondary N) is 1. The van der Waals surface area contributed by atoms with Crippen LogP contribution in [-0.2, 0) is 6.54 Å². The molecule has 2 aromatic heterocycles. The Labute approximate surface area is 155 Å². The third-order valence-corrected chi connectivity index (χ3v) is 4.60. The van der Waals surface area contributed by atoms with Crippen molar-refractivity contribution in [2.24, 2.45) is 0 Å². The van der Waals surface area contributed by atoms with Crippen LogP contribution < -0.4 is 5.32 Å². The van der Waals surface area contributed by atoms with Crippen molar-refractivity contribution in [2.45, 2.75) is 18.5 Å². The van der Waals surface area contributed by atoms with E-state index < -0.39 is 0 Å². The highest BCUT2D eigenvalue weighted by Crippen LogP contribution is 2.30. The second-order valence-electron chi connectivity index (χ2n) is 5.40. The zero-order chi connectivity index (χ0) is 17.8. The van der Waals surface area contributed by atoms with E-state index in [1.807, 2.05) is 43.5 Å². The predicted octanol–water partition coefficient (Wildman–Crippen LogP) is 5.15. The number of allylic oxidation sites excluding steroid dienone is 1. The van der Waals surface area contributed by atoms with Gasteiger partial charge in [0, 0.05) is 11.6 Å². The van der Waals surface area contributed by atoms with Gasteiger partial charge < -0.3 is 9.84 Å². The van der Waals surface area contributed by atoms with Gasteiger partial charge in [-0.1, -0.05) is 41.5 Å². The maximum Gasteiger partial charge on any atom is 0.156 e. The summed E-state index contributed by atoms with van der Waals surface area (Å²) in [6, 6.07) is 9.40. The van der Waals surface area contributed by atoms with Crippen molar-refractivity contribution in [1.82, 2.24) is 15.1 Å². The molecule has 0 unspecified atom stereocenters. The highest BCUT2D eigenvalue weighted by atomic mass is 35.5. The first-order valence-corrected chi connectivity index (χ1v) is 9.19. The van der Waals surface area contributed by atoms with Crippen LogP contribution in [0.3, 0.4) is 0 Å². The van der Waals surface area contributed by atoms with Crippen LogP contribution in [0.5, 0.6) is 0 Å². The first kappa shape index (κ1) is 17.5. The third-order valence-electron chi connectivity index (χ3n) is 3.57. The van der Waals surface area contributed by atoms with Crippen molar-refractivity contribution in [3.63, 3.8) is 0 Å². The number of anilines is 1. The zero-order valence-electron chi connectivity index (χ0n) is 13.9. The summed E-state index contributed by atoms with van der Waals surface area (Å²) in [5.74, 6) is 1.41. The molecule has 0 radical (unpaired) electrons. The molecular weight excluding hydrogens is 356 g/mol. The first-order valence-electron chi connectivity index (χ1n) is 7.59. The molecule has 0 atom stereocenters. The van der Waals surface area contributed by atoms with E-state index in [-0.39, 0.29) is 0 Å². The lowest BCUT2D eigenvalue weighted by molar-refractivity contribution is 0.390. The van der Waals surface area contributed by atoms with Crippen LogP contribution in [0, 0.1) is 0 Å². The molecule has 7 heteroatoms. The quantitative estimate of drug-likeness (QED) is 0.476. The largest absolute Gasteiger partial charge is 0.362 e. The minimum Gasteiger partial charge on any atom is -0.362 e. The summed E-state index contributed by atoms with van der Waals surface area (Å²) in [6.07, 6.45) is 3.51. The molecule has 0 aliphatic heterocycles. The number of hydrogen-bond acceptors (Lipinski definition) is 6. The molecule has 1 N–H and O–H groups in total. The van der Waals surface area contributed by atoms with Crippen LogP contribution in [0.1, 0.15) is 18.2 Å². The van der Waals surface area contributed by atoms with Gasteiger partial charge in [-0.15, -0.1) is 11.8 Å². The van der Waals surface area contributed by atoms with Gasteiger partial charge in [0.1, 0.15) is 22.9 Å². The number of halogens is 1. The van der Waals surface area contributed by atoms with Crippen molar-refractivity contribution in [2.75, 3.05) is 11.6 Å². The fraction of sp³-hybridized carbons (Fsp3) is 0.167. The Bertz CT molecular complexity index is 910. The molecule has 25 heavy (non-hydrogen) atoms. The number of aromatic nitrogens is 3. The van der Waals surface area contributed by atoms with Crippen LogP contribution in [0.15, 0.2) is 52.8 Å². The standard InChI is InChI=1S/C18H17ClN4OS/c1-11(2)16-17(21-10-22-18(16)25-3)20-9-12-8-15(23-24-12)13-6-4-5-7-14(13)19/h4-8,10H,1,9H2,2-3H3,(H,20,21,22). The summed E-state index contributed by atoms with van der Waals surface area (Å²) < 4.78 is 5.41. The van der Waals surface area contributed by atoms with E-state index >= 15 is 0 Å². The molecule has 0 saturated heterocycles. The van der Waals surface area contributed by atoms with E-state index in [0.29, 0.717) is 23.0 Å². The lowest BCUT2D eigenvalue weighted by atomic mass is 10.1. The van der Waals surface area contributed by atoms with Gasteiger partial charge in [-0.25, -0.2) is 9.97 Å². The Morgan fingerprint density at radius 1 is 1.32 bits per heavy atom. The van der Waals surface area contributed by atoms with Crippen molar-refractivity contribution < 1.29 is 4.52 Å². The van der Waals surface area contributed by atoms with E-state index in [1.165, 1.54) is 6.33 Å². The summed E-state index contributed by atoms with van der Waals surface area (Å²) >= 11 is 7.76. The Hall–Kier alpha value is -2.31. The lowest BCUT2D eigenvalue weighted by Crippen LogP contribution is -2.05. The predicted molar refractivity (Wildman–Crippen MR) is 103 cm³/mol. The van der Waals surface area contributed by atoms with Crippen LogP contribution in [0.2, 0.25) is 5.02 Å². The van der Waals surface area contributed by atoms with Crippen molar-refractivity contribution in [3.8, 4) is 11.3 Å². The summed E-state index contributed by atoms with van der Waals surface area (Å²) in [4.78, 5) is 8.61. The number of rotatable bonds is 6. The Kier molecular flexibility index (Phi) is 5.40. The normalized spacial score (nSPS) is 10.7. The van der Waals surface area contributed by atoms with E-state index in [1.54, 1.807) is 11.8 Å². The molecule has 1 aromatic carbocycles. The first-order chi connectivity index (χ1) is 12.1. The molecule has 0 aliphatic rings. The molecule has 2 heterocycles. The fourth-order valence-corrected chi connectivity index (χ4v) is 3.27. The van der Waals surface area contributed by atoms with Gasteiger partial charge in [-0.3, -0.25) is 0 Å². The topological polar surface area (TPSA) is 63.8 Å². The smallest absolute Gasteiger partial charge is 0.156 e. The average Bonchev–Trinajstić information content (AvgIpc) is 3.08. The lowest BCUT2D eigenvalue weighted by Gasteiger charge is -2.12. The minimum atomic E-state index is 0.447. The number of thioether (sulfide) groups is 1.